The lowest BCUT2D eigenvalue weighted by Gasteiger charge is -2.18. The minimum atomic E-state index is -0.100. The highest BCUT2D eigenvalue weighted by molar-refractivity contribution is 5.93. The van der Waals surface area contributed by atoms with E-state index < -0.39 is 0 Å². The van der Waals surface area contributed by atoms with Gasteiger partial charge in [0.05, 0.1) is 13.7 Å². The Bertz CT molecular complexity index is 638. The number of allylic oxidation sites excluding steroid dienone is 3. The summed E-state index contributed by atoms with van der Waals surface area (Å²) >= 11 is 0. The van der Waals surface area contributed by atoms with Crippen LogP contribution in [0.5, 0.6) is 11.5 Å². The fraction of sp³-hybridized carbons (Fsp3) is 0.476. The molecule has 0 bridgehead atoms. The molecule has 0 saturated heterocycles. The third kappa shape index (κ3) is 4.98. The van der Waals surface area contributed by atoms with Crippen molar-refractivity contribution < 1.29 is 14.3 Å². The molecular weight excluding hydrogens is 300 g/mol. The van der Waals surface area contributed by atoms with Gasteiger partial charge in [-0.25, -0.2) is 0 Å². The summed E-state index contributed by atoms with van der Waals surface area (Å²) in [7, 11) is 1.65. The number of unbranched alkanes of at least 4 members (excludes halogenated alkanes) is 2. The van der Waals surface area contributed by atoms with Gasteiger partial charge < -0.3 is 9.47 Å². The lowest BCUT2D eigenvalue weighted by atomic mass is 9.90. The summed E-state index contributed by atoms with van der Waals surface area (Å²) in [6.45, 7) is 7.01. The van der Waals surface area contributed by atoms with Crippen molar-refractivity contribution in [3.8, 4) is 11.5 Å². The summed E-state index contributed by atoms with van der Waals surface area (Å²) < 4.78 is 11.3. The van der Waals surface area contributed by atoms with Gasteiger partial charge in [0, 0.05) is 17.4 Å². The van der Waals surface area contributed by atoms with E-state index >= 15 is 0 Å². The number of methoxy groups -OCH3 is 1. The number of fused-ring (bicyclic) bond motifs is 1. The number of hydrogen-bond donors (Lipinski definition) is 0. The molecule has 24 heavy (non-hydrogen) atoms. The van der Waals surface area contributed by atoms with Crippen molar-refractivity contribution in [3.05, 3.63) is 42.0 Å². The highest BCUT2D eigenvalue weighted by Crippen LogP contribution is 2.37. The molecule has 0 spiro atoms. The first-order chi connectivity index (χ1) is 11.4. The Morgan fingerprint density at radius 1 is 1.33 bits per heavy atom. The molecule has 1 aliphatic heterocycles. The number of carbonyl (C=O) groups excluding carboxylic acids is 1. The van der Waals surface area contributed by atoms with Crippen molar-refractivity contribution in [1.29, 1.82) is 0 Å². The third-order valence-corrected chi connectivity index (χ3v) is 4.12. The van der Waals surface area contributed by atoms with Gasteiger partial charge in [-0.2, -0.15) is 0 Å². The van der Waals surface area contributed by atoms with Crippen LogP contribution in [0.4, 0.5) is 0 Å². The molecule has 1 aliphatic rings. The van der Waals surface area contributed by atoms with Gasteiger partial charge in [-0.15, -0.1) is 0 Å². The molecule has 1 aromatic carbocycles. The molecule has 0 fully saturated rings. The number of rotatable bonds is 7. The summed E-state index contributed by atoms with van der Waals surface area (Å²) in [5.74, 6) is 1.79. The molecule has 0 aromatic heterocycles. The molecule has 0 amide bonds. The fourth-order valence-corrected chi connectivity index (χ4v) is 2.74. The lowest BCUT2D eigenvalue weighted by Crippen LogP contribution is -2.17. The zero-order valence-corrected chi connectivity index (χ0v) is 15.2. The molecular formula is C21H28O3. The van der Waals surface area contributed by atoms with E-state index in [4.69, 9.17) is 9.47 Å². The van der Waals surface area contributed by atoms with Crippen LogP contribution in [0.15, 0.2) is 36.4 Å². The molecule has 0 unspecified atom stereocenters. The molecule has 0 N–H and O–H groups in total. The first-order valence-electron chi connectivity index (χ1n) is 8.70. The maximum atomic E-state index is 12.1. The van der Waals surface area contributed by atoms with Gasteiger partial charge in [-0.3, -0.25) is 4.79 Å². The second-order valence-corrected chi connectivity index (χ2v) is 7.00. The summed E-state index contributed by atoms with van der Waals surface area (Å²) in [4.78, 5) is 12.1. The SMILES string of the molecule is CCCCCC(=O)/C=C/C1=CC(C)(C)COc2ccc(OC)cc21. The maximum absolute atomic E-state index is 12.1. The number of carbonyl (C=O) groups is 1. The van der Waals surface area contributed by atoms with Gasteiger partial charge in [0.15, 0.2) is 5.78 Å². The number of hydrogen-bond acceptors (Lipinski definition) is 3. The van der Waals surface area contributed by atoms with Gasteiger partial charge in [-0.05, 0) is 36.3 Å². The van der Waals surface area contributed by atoms with E-state index in [2.05, 4.69) is 26.8 Å². The van der Waals surface area contributed by atoms with Crippen LogP contribution in [0.3, 0.4) is 0 Å². The molecule has 3 nitrogen and oxygen atoms in total. The molecule has 0 saturated carbocycles. The van der Waals surface area contributed by atoms with Crippen molar-refractivity contribution in [3.63, 3.8) is 0 Å². The van der Waals surface area contributed by atoms with Crippen LogP contribution in [-0.2, 0) is 4.79 Å². The lowest BCUT2D eigenvalue weighted by molar-refractivity contribution is -0.114. The highest BCUT2D eigenvalue weighted by atomic mass is 16.5. The van der Waals surface area contributed by atoms with Gasteiger partial charge in [0.1, 0.15) is 11.5 Å². The van der Waals surface area contributed by atoms with Crippen LogP contribution in [0.25, 0.3) is 5.57 Å². The Labute approximate surface area is 145 Å². The normalized spacial score (nSPS) is 16.1. The van der Waals surface area contributed by atoms with Crippen LogP contribution >= 0.6 is 0 Å². The molecule has 3 heteroatoms. The van der Waals surface area contributed by atoms with Gasteiger partial charge in [-0.1, -0.05) is 45.8 Å². The monoisotopic (exact) mass is 328 g/mol. The zero-order chi connectivity index (χ0) is 17.6. The van der Waals surface area contributed by atoms with Crippen molar-refractivity contribution in [1.82, 2.24) is 0 Å². The third-order valence-electron chi connectivity index (χ3n) is 4.12. The van der Waals surface area contributed by atoms with E-state index in [0.717, 1.165) is 41.9 Å². The van der Waals surface area contributed by atoms with E-state index in [0.29, 0.717) is 13.0 Å². The minimum Gasteiger partial charge on any atom is -0.497 e. The van der Waals surface area contributed by atoms with E-state index in [1.807, 2.05) is 24.3 Å². The second-order valence-electron chi connectivity index (χ2n) is 7.00. The first kappa shape index (κ1) is 18.3. The summed E-state index contributed by atoms with van der Waals surface area (Å²) in [5, 5.41) is 0. The topological polar surface area (TPSA) is 35.5 Å². The van der Waals surface area contributed by atoms with Crippen molar-refractivity contribution in [2.45, 2.75) is 46.5 Å². The highest BCUT2D eigenvalue weighted by Gasteiger charge is 2.23. The van der Waals surface area contributed by atoms with Crippen LogP contribution in [0.1, 0.15) is 52.0 Å². The number of ketones is 1. The van der Waals surface area contributed by atoms with E-state index in [-0.39, 0.29) is 11.2 Å². The average Bonchev–Trinajstić information content (AvgIpc) is 2.69. The Morgan fingerprint density at radius 3 is 2.83 bits per heavy atom. The van der Waals surface area contributed by atoms with Crippen LogP contribution in [0, 0.1) is 5.41 Å². The quantitative estimate of drug-likeness (QED) is 0.509. The first-order valence-corrected chi connectivity index (χ1v) is 8.70. The van der Waals surface area contributed by atoms with Crippen LogP contribution in [0.2, 0.25) is 0 Å². The molecule has 2 rings (SSSR count). The van der Waals surface area contributed by atoms with E-state index in [1.165, 1.54) is 0 Å². The van der Waals surface area contributed by atoms with Crippen LogP contribution in [-0.4, -0.2) is 19.5 Å². The Kier molecular flexibility index (Phi) is 6.24. The minimum absolute atomic E-state index is 0.100. The van der Waals surface area contributed by atoms with Crippen molar-refractivity contribution >= 4 is 11.4 Å². The fourth-order valence-electron chi connectivity index (χ4n) is 2.74. The van der Waals surface area contributed by atoms with Gasteiger partial charge >= 0.3 is 0 Å². The summed E-state index contributed by atoms with van der Waals surface area (Å²) in [6.07, 6.45) is 9.59. The zero-order valence-electron chi connectivity index (χ0n) is 15.2. The molecule has 0 atom stereocenters. The maximum Gasteiger partial charge on any atom is 0.155 e. The average molecular weight is 328 g/mol. The van der Waals surface area contributed by atoms with E-state index in [9.17, 15) is 4.79 Å². The van der Waals surface area contributed by atoms with Gasteiger partial charge in [0.2, 0.25) is 0 Å². The predicted molar refractivity (Wildman–Crippen MR) is 98.5 cm³/mol. The smallest absolute Gasteiger partial charge is 0.155 e. The Hall–Kier alpha value is -2.03. The largest absolute Gasteiger partial charge is 0.497 e. The molecule has 1 heterocycles. The number of ether oxygens (including phenoxy) is 2. The van der Waals surface area contributed by atoms with Crippen molar-refractivity contribution in [2.24, 2.45) is 5.41 Å². The second kappa shape index (κ2) is 8.18. The molecule has 130 valence electrons. The van der Waals surface area contributed by atoms with Crippen molar-refractivity contribution in [2.75, 3.05) is 13.7 Å². The Balaban J connectivity index is 2.28. The van der Waals surface area contributed by atoms with E-state index in [1.54, 1.807) is 13.2 Å². The molecule has 0 aliphatic carbocycles. The Morgan fingerprint density at radius 2 is 2.12 bits per heavy atom. The molecule has 1 aromatic rings. The predicted octanol–water partition coefficient (Wildman–Crippen LogP) is 5.20. The summed E-state index contributed by atoms with van der Waals surface area (Å²) in [6, 6.07) is 5.79. The molecule has 0 radical (unpaired) electrons. The number of benzene rings is 1. The summed E-state index contributed by atoms with van der Waals surface area (Å²) in [5.41, 5.74) is 1.88. The van der Waals surface area contributed by atoms with Gasteiger partial charge in [0.25, 0.3) is 0 Å². The van der Waals surface area contributed by atoms with Crippen LogP contribution < -0.4 is 9.47 Å². The standard InChI is InChI=1S/C21H28O3/c1-5-6-7-8-17(22)10-9-16-14-21(2,3)15-24-20-12-11-18(23-4)13-19(16)20/h9-14H,5-8,15H2,1-4H3/b10-9+.